The largest absolute Gasteiger partial charge is 0.498 e. The summed E-state index contributed by atoms with van der Waals surface area (Å²) in [6.07, 6.45) is 0. The molecule has 0 aromatic carbocycles. The number of aliphatic carboxylic acids is 3. The molecule has 12 nitrogen and oxygen atoms in total. The van der Waals surface area contributed by atoms with Crippen LogP contribution in [-0.2, 0) is 23.9 Å². The van der Waals surface area contributed by atoms with Crippen molar-refractivity contribution in [2.45, 2.75) is 0 Å². The molecule has 0 saturated carbocycles. The van der Waals surface area contributed by atoms with E-state index in [1.807, 2.05) is 0 Å². The molecule has 1 saturated heterocycles. The zero-order valence-electron chi connectivity index (χ0n) is 17.3. The molecule has 1 heterocycles. The Kier molecular flexibility index (Phi) is 16.0. The molecule has 1 radical (unpaired) electrons. The average molecular weight is 606 g/mol. The van der Waals surface area contributed by atoms with Gasteiger partial charge in [0.15, 0.2) is 0 Å². The number of carboxylic acids is 3. The number of carboxylic acid groups (broad SMARTS) is 3. The Morgan fingerprint density at radius 2 is 0.871 bits per heavy atom. The standard InChI is InChI=1S/C18H31N4O8.Lu/c1-2-30-18(29)14-22-9-7-20(12-16(25)26)5-3-19(11-15(23)24)4-6-21(8-10-22)13-17(27)28;/h1-14H2,(H,23,24)(H,25,26)(H,27,28);/q-1;. The molecule has 1 aliphatic rings. The molecule has 0 unspecified atom stereocenters. The van der Waals surface area contributed by atoms with Gasteiger partial charge in [-0.2, -0.15) is 0 Å². The summed E-state index contributed by atoms with van der Waals surface area (Å²) in [5.74, 6) is -3.46. The zero-order chi connectivity index (χ0) is 22.5. The number of hydrogen-bond donors (Lipinski definition) is 3. The number of carbonyl (C=O) groups is 4. The van der Waals surface area contributed by atoms with Gasteiger partial charge in [-0.25, -0.2) is 0 Å². The monoisotopic (exact) mass is 606 g/mol. The summed E-state index contributed by atoms with van der Waals surface area (Å²) in [4.78, 5) is 52.2. The van der Waals surface area contributed by atoms with Crippen molar-refractivity contribution in [2.24, 2.45) is 0 Å². The molecule has 0 spiro atoms. The van der Waals surface area contributed by atoms with Crippen LogP contribution in [0.2, 0.25) is 0 Å². The maximum atomic E-state index is 11.9. The first-order valence-corrected chi connectivity index (χ1v) is 9.69. The first-order valence-electron chi connectivity index (χ1n) is 9.69. The van der Waals surface area contributed by atoms with Gasteiger partial charge in [-0.3, -0.25) is 38.8 Å². The van der Waals surface area contributed by atoms with Crippen molar-refractivity contribution in [2.75, 3.05) is 85.1 Å². The van der Waals surface area contributed by atoms with Crippen molar-refractivity contribution in [1.29, 1.82) is 0 Å². The third-order valence-corrected chi connectivity index (χ3v) is 4.62. The van der Waals surface area contributed by atoms with Crippen LogP contribution in [0.4, 0.5) is 0 Å². The van der Waals surface area contributed by atoms with Gasteiger partial charge in [-0.1, -0.05) is 0 Å². The molecule has 0 aliphatic carbocycles. The molecule has 1 aliphatic heterocycles. The molecule has 1 fully saturated rings. The topological polar surface area (TPSA) is 151 Å². The summed E-state index contributed by atoms with van der Waals surface area (Å²) in [6, 6.07) is 0. The normalized spacial score (nSPS) is 18.2. The van der Waals surface area contributed by atoms with E-state index >= 15 is 0 Å². The van der Waals surface area contributed by atoms with E-state index in [2.05, 4.69) is 6.92 Å². The van der Waals surface area contributed by atoms with Crippen molar-refractivity contribution in [3.05, 3.63) is 6.92 Å². The van der Waals surface area contributed by atoms with Gasteiger partial charge in [0.2, 0.25) is 0 Å². The summed E-state index contributed by atoms with van der Waals surface area (Å²) < 4.78 is 4.88. The summed E-state index contributed by atoms with van der Waals surface area (Å²) >= 11 is 0. The minimum atomic E-state index is -1.01. The van der Waals surface area contributed by atoms with E-state index in [0.717, 1.165) is 0 Å². The maximum absolute atomic E-state index is 11.9. The van der Waals surface area contributed by atoms with Crippen LogP contribution in [0.3, 0.4) is 0 Å². The number of ether oxygens (including phenoxy) is 1. The molecule has 0 bridgehead atoms. The van der Waals surface area contributed by atoms with Crippen LogP contribution in [0.25, 0.3) is 0 Å². The van der Waals surface area contributed by atoms with Crippen LogP contribution in [0.5, 0.6) is 0 Å². The van der Waals surface area contributed by atoms with Crippen LogP contribution in [0.15, 0.2) is 0 Å². The van der Waals surface area contributed by atoms with Crippen LogP contribution in [0.1, 0.15) is 0 Å². The summed E-state index contributed by atoms with van der Waals surface area (Å²) in [6.45, 7) is 5.58. The number of hydrogen-bond acceptors (Lipinski definition) is 9. The second-order valence-electron chi connectivity index (χ2n) is 7.01. The second kappa shape index (κ2) is 16.6. The van der Waals surface area contributed by atoms with Crippen molar-refractivity contribution in [1.82, 2.24) is 19.6 Å². The third kappa shape index (κ3) is 14.6. The van der Waals surface area contributed by atoms with Crippen molar-refractivity contribution >= 4 is 23.9 Å². The molecule has 3 N–H and O–H groups in total. The van der Waals surface area contributed by atoms with E-state index in [1.165, 1.54) is 0 Å². The number of nitrogens with zero attached hydrogens (tertiary/aromatic N) is 4. The summed E-state index contributed by atoms with van der Waals surface area (Å²) in [7, 11) is 0. The first kappa shape index (κ1) is 30.0. The maximum Gasteiger partial charge on any atom is 0.317 e. The van der Waals surface area contributed by atoms with E-state index in [-0.39, 0.29) is 69.7 Å². The number of rotatable bonds is 9. The Balaban J connectivity index is 0.00000900. The smallest absolute Gasteiger partial charge is 0.317 e. The summed E-state index contributed by atoms with van der Waals surface area (Å²) in [5, 5.41) is 27.4. The van der Waals surface area contributed by atoms with Gasteiger partial charge in [0.1, 0.15) is 0 Å². The Hall–Kier alpha value is -1.05. The minimum absolute atomic E-state index is 0. The third-order valence-electron chi connectivity index (χ3n) is 4.62. The molecule has 31 heavy (non-hydrogen) atoms. The van der Waals surface area contributed by atoms with E-state index in [0.29, 0.717) is 52.4 Å². The predicted octanol–water partition coefficient (Wildman–Crippen LogP) is -2.16. The predicted molar refractivity (Wildman–Crippen MR) is 105 cm³/mol. The molecule has 0 aromatic heterocycles. The van der Waals surface area contributed by atoms with E-state index in [9.17, 15) is 19.2 Å². The Bertz CT molecular complexity index is 563. The van der Waals surface area contributed by atoms with Gasteiger partial charge in [-0.15, -0.1) is 0 Å². The van der Waals surface area contributed by atoms with Crippen LogP contribution < -0.4 is 0 Å². The fraction of sp³-hybridized carbons (Fsp3) is 0.722. The van der Waals surface area contributed by atoms with Gasteiger partial charge >= 0.3 is 23.9 Å². The van der Waals surface area contributed by atoms with Crippen molar-refractivity contribution < 1.29 is 76.1 Å². The number of carbonyl (C=O) groups excluding carboxylic acids is 1. The quantitative estimate of drug-likeness (QED) is 0.194. The van der Waals surface area contributed by atoms with Crippen LogP contribution in [-0.4, -0.2) is 144 Å². The van der Waals surface area contributed by atoms with E-state index in [1.54, 1.807) is 19.6 Å². The van der Waals surface area contributed by atoms with Crippen molar-refractivity contribution in [3.63, 3.8) is 0 Å². The molecule has 187 valence electrons. The molecule has 0 atom stereocenters. The van der Waals surface area contributed by atoms with Crippen molar-refractivity contribution in [3.8, 4) is 0 Å². The molecule has 0 aromatic rings. The van der Waals surface area contributed by atoms with E-state index < -0.39 is 23.9 Å². The number of esters is 1. The van der Waals surface area contributed by atoms with E-state index in [4.69, 9.17) is 20.1 Å². The molecular weight excluding hydrogens is 575 g/mol. The van der Waals surface area contributed by atoms with Crippen LogP contribution >= 0.6 is 0 Å². The molecular formula is C18H31LuN4O8-. The fourth-order valence-electron chi connectivity index (χ4n) is 3.13. The van der Waals surface area contributed by atoms with Gasteiger partial charge in [0.05, 0.1) is 26.2 Å². The molecule has 1 rings (SSSR count). The molecule has 13 heteroatoms. The average Bonchev–Trinajstić information content (AvgIpc) is 2.62. The summed E-state index contributed by atoms with van der Waals surface area (Å²) in [5.41, 5.74) is 0. The fourth-order valence-corrected chi connectivity index (χ4v) is 3.13. The van der Waals surface area contributed by atoms with Gasteiger partial charge in [0, 0.05) is 89.2 Å². The van der Waals surface area contributed by atoms with Gasteiger partial charge in [-0.05, 0) is 6.61 Å². The first-order chi connectivity index (χ1) is 14.2. The Labute approximate surface area is 210 Å². The Morgan fingerprint density at radius 3 is 1.10 bits per heavy atom. The Morgan fingerprint density at radius 1 is 0.613 bits per heavy atom. The van der Waals surface area contributed by atoms with Gasteiger partial charge in [0.25, 0.3) is 0 Å². The minimum Gasteiger partial charge on any atom is -0.498 e. The SMILES string of the molecule is [CH2-]COC(=O)CN1CCN(CC(=O)O)CCN(CC(=O)O)CCN(CC(=O)O)CC1.[Lu]. The van der Waals surface area contributed by atoms with Gasteiger partial charge < -0.3 is 27.0 Å². The van der Waals surface area contributed by atoms with Crippen LogP contribution in [0, 0.1) is 43.8 Å². The second-order valence-corrected chi connectivity index (χ2v) is 7.01. The molecule has 0 amide bonds. The zero-order valence-corrected chi connectivity index (χ0v) is 19.0.